The summed E-state index contributed by atoms with van der Waals surface area (Å²) in [4.78, 5) is 26.3. The summed E-state index contributed by atoms with van der Waals surface area (Å²) in [6.07, 6.45) is 4.66. The number of benzene rings is 2. The Hall–Kier alpha value is -3.72. The molecule has 1 aliphatic carbocycles. The van der Waals surface area contributed by atoms with E-state index >= 15 is 0 Å². The van der Waals surface area contributed by atoms with Gasteiger partial charge in [0.1, 0.15) is 12.4 Å². The molecule has 1 amide bonds. The number of aromatic nitrogens is 2. The molecule has 2 N–H and O–H groups in total. The summed E-state index contributed by atoms with van der Waals surface area (Å²) in [6, 6.07) is 13.2. The zero-order valence-electron chi connectivity index (χ0n) is 20.3. The van der Waals surface area contributed by atoms with Crippen molar-refractivity contribution >= 4 is 41.2 Å². The molecule has 9 nitrogen and oxygen atoms in total. The van der Waals surface area contributed by atoms with Crippen molar-refractivity contribution in [2.45, 2.75) is 31.9 Å². The quantitative estimate of drug-likeness (QED) is 0.532. The number of nitrogens with two attached hydrogens (primary N) is 1. The van der Waals surface area contributed by atoms with Crippen molar-refractivity contribution in [1.82, 2.24) is 14.9 Å². The number of nitrogens with zero attached hydrogens (tertiary/aromatic N) is 4. The number of amides is 1. The highest BCUT2D eigenvalue weighted by molar-refractivity contribution is 5.92. The zero-order chi connectivity index (χ0) is 24.4. The van der Waals surface area contributed by atoms with E-state index in [4.69, 9.17) is 24.9 Å². The lowest BCUT2D eigenvalue weighted by Crippen LogP contribution is -2.55. The monoisotopic (exact) mass is 511 g/mol. The van der Waals surface area contributed by atoms with E-state index in [1.165, 1.54) is 0 Å². The van der Waals surface area contributed by atoms with E-state index in [1.807, 2.05) is 35.2 Å². The number of fused-ring (bicyclic) bond motifs is 2. The van der Waals surface area contributed by atoms with Crippen LogP contribution in [0.4, 0.5) is 16.6 Å². The lowest BCUT2D eigenvalue weighted by Gasteiger charge is -2.44. The van der Waals surface area contributed by atoms with Gasteiger partial charge in [-0.15, -0.1) is 12.4 Å². The van der Waals surface area contributed by atoms with Gasteiger partial charge in [0.15, 0.2) is 11.5 Å². The number of rotatable bonds is 5. The van der Waals surface area contributed by atoms with Crippen LogP contribution >= 0.6 is 12.4 Å². The minimum absolute atomic E-state index is 0. The van der Waals surface area contributed by atoms with Gasteiger partial charge in [-0.3, -0.25) is 4.90 Å². The molecule has 0 spiro atoms. The number of halogens is 1. The van der Waals surface area contributed by atoms with Crippen LogP contribution < -0.4 is 20.1 Å². The second kappa shape index (κ2) is 10.9. The normalized spacial score (nSPS) is 17.1. The summed E-state index contributed by atoms with van der Waals surface area (Å²) < 4.78 is 16.5. The van der Waals surface area contributed by atoms with Crippen LogP contribution in [0.25, 0.3) is 10.9 Å². The maximum absolute atomic E-state index is 13.0. The number of carbonyl (C=O) groups excluding carboxylic acids is 1. The molecule has 10 heteroatoms. The fourth-order valence-electron chi connectivity index (χ4n) is 4.77. The summed E-state index contributed by atoms with van der Waals surface area (Å²) in [5, 5.41) is 0.698. The zero-order valence-corrected chi connectivity index (χ0v) is 21.2. The fourth-order valence-corrected chi connectivity index (χ4v) is 4.77. The van der Waals surface area contributed by atoms with Crippen LogP contribution in [0, 0.1) is 0 Å². The minimum Gasteiger partial charge on any atom is -0.493 e. The number of anilines is 2. The van der Waals surface area contributed by atoms with E-state index < -0.39 is 0 Å². The molecule has 1 fully saturated rings. The van der Waals surface area contributed by atoms with Crippen LogP contribution in [-0.4, -0.2) is 54.3 Å². The largest absolute Gasteiger partial charge is 0.493 e. The molecule has 36 heavy (non-hydrogen) atoms. The number of hydrogen-bond acceptors (Lipinski definition) is 8. The Balaban J connectivity index is 0.00000304. The third kappa shape index (κ3) is 4.83. The lowest BCUT2D eigenvalue weighted by atomic mass is 9.95. The van der Waals surface area contributed by atoms with E-state index in [0.29, 0.717) is 47.3 Å². The maximum Gasteiger partial charge on any atom is 0.410 e. The van der Waals surface area contributed by atoms with Gasteiger partial charge in [-0.05, 0) is 30.9 Å². The van der Waals surface area contributed by atoms with Crippen molar-refractivity contribution in [1.29, 1.82) is 0 Å². The number of allylic oxidation sites excluding steroid dienone is 1. The van der Waals surface area contributed by atoms with Crippen LogP contribution in [0.3, 0.4) is 0 Å². The van der Waals surface area contributed by atoms with Crippen LogP contribution in [0.5, 0.6) is 11.5 Å². The Kier molecular flexibility index (Phi) is 7.69. The molecule has 1 unspecified atom stereocenters. The summed E-state index contributed by atoms with van der Waals surface area (Å²) in [6.45, 7) is 1.30. The Bertz CT molecular complexity index is 1270. The molecule has 3 aromatic rings. The van der Waals surface area contributed by atoms with Gasteiger partial charge in [0.25, 0.3) is 0 Å². The standard InChI is InChI=1S/C26H29N5O4.ClH/c1-33-22-14-18-19(15-23(22)34-2)28-25(29-24(18)27)30-12-13-31(21-11-7-6-10-20(21)30)26(32)35-16-17-8-4-3-5-9-17;/h3-5,8-10,14-15,21H,6-7,11-13,16H2,1-2H3,(H2,27,28,29);1H. The number of hydrogen-bond donors (Lipinski definition) is 1. The predicted molar refractivity (Wildman–Crippen MR) is 141 cm³/mol. The number of ether oxygens (including phenoxy) is 3. The minimum atomic E-state index is -0.304. The van der Waals surface area contributed by atoms with Gasteiger partial charge >= 0.3 is 6.09 Å². The third-order valence-electron chi connectivity index (χ3n) is 6.53. The van der Waals surface area contributed by atoms with Crippen molar-refractivity contribution in [2.75, 3.05) is 37.9 Å². The number of carbonyl (C=O) groups is 1. The lowest BCUT2D eigenvalue weighted by molar-refractivity contribution is 0.0790. The molecule has 2 aliphatic rings. The summed E-state index contributed by atoms with van der Waals surface area (Å²) >= 11 is 0. The SMILES string of the molecule is COc1cc2nc(N3CCN(C(=O)OCc4ccccc4)C4CCCC=C43)nc(N)c2cc1OC.Cl. The van der Waals surface area contributed by atoms with E-state index in [2.05, 4.69) is 16.0 Å². The molecule has 5 rings (SSSR count). The predicted octanol–water partition coefficient (Wildman–Crippen LogP) is 4.55. The van der Waals surface area contributed by atoms with Crippen LogP contribution in [-0.2, 0) is 11.3 Å². The summed E-state index contributed by atoms with van der Waals surface area (Å²) in [5.41, 5.74) is 8.98. The second-order valence-electron chi connectivity index (χ2n) is 8.59. The molecule has 2 heterocycles. The first-order valence-electron chi connectivity index (χ1n) is 11.7. The highest BCUT2D eigenvalue weighted by Gasteiger charge is 2.37. The molecule has 0 radical (unpaired) electrons. The van der Waals surface area contributed by atoms with Crippen LogP contribution in [0.2, 0.25) is 0 Å². The van der Waals surface area contributed by atoms with Gasteiger partial charge < -0.3 is 24.8 Å². The molecular formula is C26H30ClN5O4. The van der Waals surface area contributed by atoms with E-state index in [1.54, 1.807) is 26.4 Å². The first-order valence-corrected chi connectivity index (χ1v) is 11.7. The summed E-state index contributed by atoms with van der Waals surface area (Å²) in [7, 11) is 3.16. The van der Waals surface area contributed by atoms with Gasteiger partial charge in [-0.1, -0.05) is 36.4 Å². The van der Waals surface area contributed by atoms with Crippen molar-refractivity contribution in [3.8, 4) is 11.5 Å². The number of piperazine rings is 1. The summed E-state index contributed by atoms with van der Waals surface area (Å²) in [5.74, 6) is 2.02. The van der Waals surface area contributed by atoms with E-state index in [0.717, 1.165) is 30.5 Å². The maximum atomic E-state index is 13.0. The second-order valence-corrected chi connectivity index (χ2v) is 8.59. The van der Waals surface area contributed by atoms with Crippen molar-refractivity contribution in [3.63, 3.8) is 0 Å². The van der Waals surface area contributed by atoms with Gasteiger partial charge in [-0.2, -0.15) is 4.98 Å². The van der Waals surface area contributed by atoms with Gasteiger partial charge in [0.05, 0.1) is 25.8 Å². The first-order chi connectivity index (χ1) is 17.1. The molecule has 0 bridgehead atoms. The average molecular weight is 512 g/mol. The highest BCUT2D eigenvalue weighted by Crippen LogP contribution is 2.37. The Morgan fingerprint density at radius 3 is 2.58 bits per heavy atom. The molecule has 1 atom stereocenters. The Morgan fingerprint density at radius 1 is 1.08 bits per heavy atom. The highest BCUT2D eigenvalue weighted by atomic mass is 35.5. The number of methoxy groups -OCH3 is 2. The topological polar surface area (TPSA) is 103 Å². The Labute approximate surface area is 216 Å². The number of nitrogen functional groups attached to an aromatic ring is 1. The fraction of sp³-hybridized carbons (Fsp3) is 0.346. The van der Waals surface area contributed by atoms with Crippen LogP contribution in [0.1, 0.15) is 24.8 Å². The van der Waals surface area contributed by atoms with Crippen molar-refractivity contribution in [3.05, 3.63) is 59.8 Å². The molecular weight excluding hydrogens is 482 g/mol. The van der Waals surface area contributed by atoms with Crippen molar-refractivity contribution in [2.24, 2.45) is 0 Å². The van der Waals surface area contributed by atoms with Gasteiger partial charge in [-0.25, -0.2) is 9.78 Å². The molecule has 1 aromatic heterocycles. The van der Waals surface area contributed by atoms with Crippen LogP contribution in [0.15, 0.2) is 54.2 Å². The smallest absolute Gasteiger partial charge is 0.410 e. The molecule has 2 aromatic carbocycles. The molecule has 0 saturated carbocycles. The van der Waals surface area contributed by atoms with Crippen molar-refractivity contribution < 1.29 is 19.0 Å². The van der Waals surface area contributed by atoms with Gasteiger partial charge in [0.2, 0.25) is 5.95 Å². The Morgan fingerprint density at radius 2 is 1.83 bits per heavy atom. The molecule has 1 aliphatic heterocycles. The van der Waals surface area contributed by atoms with E-state index in [-0.39, 0.29) is 31.1 Å². The van der Waals surface area contributed by atoms with E-state index in [9.17, 15) is 4.79 Å². The average Bonchev–Trinajstić information content (AvgIpc) is 2.90. The molecule has 190 valence electrons. The first kappa shape index (κ1) is 25.4. The third-order valence-corrected chi connectivity index (χ3v) is 6.53. The molecule has 1 saturated heterocycles. The van der Waals surface area contributed by atoms with Gasteiger partial charge in [0, 0.05) is 30.2 Å².